The first kappa shape index (κ1) is 12.3. The fourth-order valence-electron chi connectivity index (χ4n) is 1.92. The SMILES string of the molecule is O=[N+]([O-])c1cncc(Br)c1NCCC1CCC1. The van der Waals surface area contributed by atoms with E-state index in [1.54, 1.807) is 6.20 Å². The Morgan fingerprint density at radius 3 is 2.88 bits per heavy atom. The molecule has 92 valence electrons. The number of nitro groups is 1. The Bertz CT molecular complexity index is 421. The fourth-order valence-corrected chi connectivity index (χ4v) is 2.38. The maximum atomic E-state index is 10.8. The van der Waals surface area contributed by atoms with Gasteiger partial charge in [-0.25, -0.2) is 0 Å². The highest BCUT2D eigenvalue weighted by molar-refractivity contribution is 9.10. The Kier molecular flexibility index (Phi) is 3.93. The summed E-state index contributed by atoms with van der Waals surface area (Å²) in [6.45, 7) is 0.772. The van der Waals surface area contributed by atoms with Crippen LogP contribution < -0.4 is 5.32 Å². The van der Waals surface area contributed by atoms with E-state index >= 15 is 0 Å². The Labute approximate surface area is 108 Å². The van der Waals surface area contributed by atoms with Gasteiger partial charge in [0.15, 0.2) is 0 Å². The summed E-state index contributed by atoms with van der Waals surface area (Å²) in [7, 11) is 0. The maximum absolute atomic E-state index is 10.8. The van der Waals surface area contributed by atoms with Gasteiger partial charge in [-0.05, 0) is 28.3 Å². The molecule has 1 saturated carbocycles. The Morgan fingerprint density at radius 2 is 2.29 bits per heavy atom. The van der Waals surface area contributed by atoms with E-state index in [0.29, 0.717) is 10.2 Å². The van der Waals surface area contributed by atoms with E-state index in [9.17, 15) is 10.1 Å². The molecule has 6 heteroatoms. The zero-order valence-electron chi connectivity index (χ0n) is 9.36. The second-order valence-corrected chi connectivity index (χ2v) is 5.14. The van der Waals surface area contributed by atoms with E-state index in [1.165, 1.54) is 25.5 Å². The molecule has 0 aromatic carbocycles. The Balaban J connectivity index is 2.00. The van der Waals surface area contributed by atoms with Crippen LogP contribution in [0.2, 0.25) is 0 Å². The first-order chi connectivity index (χ1) is 8.18. The van der Waals surface area contributed by atoms with Crippen LogP contribution in [0.1, 0.15) is 25.7 Å². The number of nitrogens with zero attached hydrogens (tertiary/aromatic N) is 2. The number of halogens is 1. The lowest BCUT2D eigenvalue weighted by Gasteiger charge is -2.25. The highest BCUT2D eigenvalue weighted by Crippen LogP contribution is 2.32. The van der Waals surface area contributed by atoms with E-state index in [1.807, 2.05) is 0 Å². The quantitative estimate of drug-likeness (QED) is 0.669. The Hall–Kier alpha value is -1.17. The monoisotopic (exact) mass is 299 g/mol. The molecule has 1 fully saturated rings. The lowest BCUT2D eigenvalue weighted by Crippen LogP contribution is -2.16. The van der Waals surface area contributed by atoms with Crippen LogP contribution in [0.25, 0.3) is 0 Å². The van der Waals surface area contributed by atoms with E-state index in [2.05, 4.69) is 26.2 Å². The number of hydrogen-bond donors (Lipinski definition) is 1. The summed E-state index contributed by atoms with van der Waals surface area (Å²) in [5, 5.41) is 14.0. The molecule has 1 aliphatic carbocycles. The summed E-state index contributed by atoms with van der Waals surface area (Å²) < 4.78 is 0.639. The molecular weight excluding hydrogens is 286 g/mol. The summed E-state index contributed by atoms with van der Waals surface area (Å²) in [5.74, 6) is 0.794. The molecule has 5 nitrogen and oxygen atoms in total. The van der Waals surface area contributed by atoms with Gasteiger partial charge in [0.1, 0.15) is 11.9 Å². The topological polar surface area (TPSA) is 68.1 Å². The molecule has 0 amide bonds. The highest BCUT2D eigenvalue weighted by Gasteiger charge is 2.19. The highest BCUT2D eigenvalue weighted by atomic mass is 79.9. The van der Waals surface area contributed by atoms with Crippen molar-refractivity contribution in [1.82, 2.24) is 4.98 Å². The van der Waals surface area contributed by atoms with Crippen LogP contribution in [0.3, 0.4) is 0 Å². The van der Waals surface area contributed by atoms with Crippen molar-refractivity contribution in [3.05, 3.63) is 27.0 Å². The molecule has 17 heavy (non-hydrogen) atoms. The van der Waals surface area contributed by atoms with Crippen molar-refractivity contribution in [2.45, 2.75) is 25.7 Å². The van der Waals surface area contributed by atoms with Gasteiger partial charge in [0.05, 0.1) is 9.40 Å². The molecule has 0 aliphatic heterocycles. The molecule has 2 rings (SSSR count). The first-order valence-electron chi connectivity index (χ1n) is 5.70. The first-order valence-corrected chi connectivity index (χ1v) is 6.49. The molecular formula is C11H14BrN3O2. The van der Waals surface area contributed by atoms with Crippen molar-refractivity contribution in [1.29, 1.82) is 0 Å². The molecule has 1 N–H and O–H groups in total. The molecule has 0 bridgehead atoms. The molecule has 1 aromatic heterocycles. The molecule has 0 saturated heterocycles. The number of hydrogen-bond acceptors (Lipinski definition) is 4. The van der Waals surface area contributed by atoms with Gasteiger partial charge < -0.3 is 5.32 Å². The summed E-state index contributed by atoms with van der Waals surface area (Å²) in [4.78, 5) is 14.2. The molecule has 0 atom stereocenters. The fraction of sp³-hybridized carbons (Fsp3) is 0.545. The van der Waals surface area contributed by atoms with Crippen LogP contribution in [0.5, 0.6) is 0 Å². The van der Waals surface area contributed by atoms with Crippen molar-refractivity contribution in [2.24, 2.45) is 5.92 Å². The maximum Gasteiger partial charge on any atom is 0.311 e. The van der Waals surface area contributed by atoms with E-state index in [-0.39, 0.29) is 5.69 Å². The summed E-state index contributed by atoms with van der Waals surface area (Å²) >= 11 is 3.28. The van der Waals surface area contributed by atoms with Gasteiger partial charge in [0.25, 0.3) is 0 Å². The molecule has 0 radical (unpaired) electrons. The van der Waals surface area contributed by atoms with Crippen LogP contribution in [0, 0.1) is 16.0 Å². The van der Waals surface area contributed by atoms with Crippen LogP contribution in [0.4, 0.5) is 11.4 Å². The van der Waals surface area contributed by atoms with Crippen molar-refractivity contribution < 1.29 is 4.92 Å². The number of nitrogens with one attached hydrogen (secondary N) is 1. The third kappa shape index (κ3) is 2.94. The Morgan fingerprint density at radius 1 is 1.53 bits per heavy atom. The van der Waals surface area contributed by atoms with Crippen molar-refractivity contribution in [2.75, 3.05) is 11.9 Å². The normalized spacial score (nSPS) is 15.4. The standard InChI is InChI=1S/C11H14BrN3O2/c12-9-6-13-7-10(15(16)17)11(9)14-5-4-8-2-1-3-8/h6-8H,1-5H2,(H,13,14). The largest absolute Gasteiger partial charge is 0.378 e. The zero-order valence-corrected chi connectivity index (χ0v) is 10.9. The lowest BCUT2D eigenvalue weighted by molar-refractivity contribution is -0.384. The van der Waals surface area contributed by atoms with Gasteiger partial charge in [0.2, 0.25) is 0 Å². The van der Waals surface area contributed by atoms with E-state index in [4.69, 9.17) is 0 Å². The van der Waals surface area contributed by atoms with Crippen LogP contribution in [0.15, 0.2) is 16.9 Å². The number of aromatic nitrogens is 1. The lowest BCUT2D eigenvalue weighted by atomic mass is 9.83. The van der Waals surface area contributed by atoms with Gasteiger partial charge in [-0.3, -0.25) is 15.1 Å². The number of pyridine rings is 1. The van der Waals surface area contributed by atoms with Crippen molar-refractivity contribution in [3.8, 4) is 0 Å². The minimum atomic E-state index is -0.413. The molecule has 1 aliphatic rings. The average Bonchev–Trinajstić information content (AvgIpc) is 2.23. The second kappa shape index (κ2) is 5.44. The van der Waals surface area contributed by atoms with Crippen molar-refractivity contribution in [3.63, 3.8) is 0 Å². The minimum absolute atomic E-state index is 0.0213. The van der Waals surface area contributed by atoms with Crippen molar-refractivity contribution >= 4 is 27.3 Å². The second-order valence-electron chi connectivity index (χ2n) is 4.28. The van der Waals surface area contributed by atoms with Gasteiger partial charge in [-0.1, -0.05) is 19.3 Å². The minimum Gasteiger partial charge on any atom is -0.378 e. The smallest absolute Gasteiger partial charge is 0.311 e. The number of anilines is 1. The number of rotatable bonds is 5. The molecule has 0 unspecified atom stereocenters. The third-order valence-corrected chi connectivity index (χ3v) is 3.76. The van der Waals surface area contributed by atoms with Gasteiger partial charge >= 0.3 is 5.69 Å². The van der Waals surface area contributed by atoms with Crippen LogP contribution in [-0.4, -0.2) is 16.5 Å². The molecule has 1 aromatic rings. The molecule has 1 heterocycles. The van der Waals surface area contributed by atoms with Gasteiger partial charge in [-0.2, -0.15) is 0 Å². The summed E-state index contributed by atoms with van der Waals surface area (Å²) in [6.07, 6.45) is 7.83. The molecule has 0 spiro atoms. The van der Waals surface area contributed by atoms with E-state index in [0.717, 1.165) is 18.9 Å². The van der Waals surface area contributed by atoms with Crippen LogP contribution in [-0.2, 0) is 0 Å². The predicted molar refractivity (Wildman–Crippen MR) is 69.0 cm³/mol. The third-order valence-electron chi connectivity index (χ3n) is 3.16. The van der Waals surface area contributed by atoms with Crippen LogP contribution >= 0.6 is 15.9 Å². The summed E-state index contributed by atoms with van der Waals surface area (Å²) in [5.41, 5.74) is 0.553. The van der Waals surface area contributed by atoms with E-state index < -0.39 is 4.92 Å². The predicted octanol–water partition coefficient (Wildman–Crippen LogP) is 3.35. The summed E-state index contributed by atoms with van der Waals surface area (Å²) in [6, 6.07) is 0. The van der Waals surface area contributed by atoms with Gasteiger partial charge in [-0.15, -0.1) is 0 Å². The average molecular weight is 300 g/mol. The zero-order chi connectivity index (χ0) is 12.3. The van der Waals surface area contributed by atoms with Gasteiger partial charge in [0, 0.05) is 12.7 Å².